The molecule has 1 N–H and O–H groups in total. The fourth-order valence-electron chi connectivity index (χ4n) is 3.08. The quantitative estimate of drug-likeness (QED) is 0.857. The maximum absolute atomic E-state index is 13.1. The number of aromatic nitrogens is 1. The zero-order valence-electron chi connectivity index (χ0n) is 14.4. The van der Waals surface area contributed by atoms with Crippen molar-refractivity contribution in [3.63, 3.8) is 0 Å². The molecular formula is C18H17F3N2O3S. The van der Waals surface area contributed by atoms with Crippen molar-refractivity contribution in [1.82, 2.24) is 9.88 Å². The number of amides is 1. The largest absolute Gasteiger partial charge is 0.481 e. The van der Waals surface area contributed by atoms with Gasteiger partial charge in [-0.3, -0.25) is 9.59 Å². The first-order valence-corrected chi connectivity index (χ1v) is 9.12. The van der Waals surface area contributed by atoms with Gasteiger partial charge in [-0.15, -0.1) is 11.3 Å². The molecule has 2 heterocycles. The van der Waals surface area contributed by atoms with Crippen LogP contribution in [-0.2, 0) is 11.2 Å². The van der Waals surface area contributed by atoms with E-state index in [2.05, 4.69) is 4.98 Å². The molecule has 2 atom stereocenters. The van der Waals surface area contributed by atoms with Gasteiger partial charge in [-0.25, -0.2) is 4.98 Å². The van der Waals surface area contributed by atoms with Crippen LogP contribution in [0.1, 0.15) is 26.6 Å². The van der Waals surface area contributed by atoms with Gasteiger partial charge in [0.1, 0.15) is 5.69 Å². The summed E-state index contributed by atoms with van der Waals surface area (Å²) in [7, 11) is 0. The minimum Gasteiger partial charge on any atom is -0.481 e. The Hall–Kier alpha value is -2.42. The second-order valence-corrected chi connectivity index (χ2v) is 7.53. The molecule has 3 rings (SSSR count). The van der Waals surface area contributed by atoms with Gasteiger partial charge in [-0.2, -0.15) is 13.2 Å². The molecule has 27 heavy (non-hydrogen) atoms. The average Bonchev–Trinajstić information content (AvgIpc) is 3.23. The van der Waals surface area contributed by atoms with Crippen LogP contribution in [0.2, 0.25) is 0 Å². The van der Waals surface area contributed by atoms with Crippen LogP contribution in [0.15, 0.2) is 29.6 Å². The number of carboxylic acid groups (broad SMARTS) is 1. The van der Waals surface area contributed by atoms with Crippen molar-refractivity contribution in [3.05, 3.63) is 51.5 Å². The molecule has 1 aromatic heterocycles. The number of nitrogens with zero attached hydrogens (tertiary/aromatic N) is 2. The van der Waals surface area contributed by atoms with Crippen LogP contribution in [0.25, 0.3) is 0 Å². The molecule has 0 aliphatic carbocycles. The minimum absolute atomic E-state index is 0.0501. The van der Waals surface area contributed by atoms with Crippen LogP contribution in [0, 0.1) is 18.8 Å². The van der Waals surface area contributed by atoms with Gasteiger partial charge in [0.05, 0.1) is 16.8 Å². The number of rotatable bonds is 4. The van der Waals surface area contributed by atoms with Crippen molar-refractivity contribution in [2.75, 3.05) is 13.1 Å². The molecule has 0 saturated carbocycles. The van der Waals surface area contributed by atoms with Crippen LogP contribution in [0.4, 0.5) is 13.2 Å². The number of carbonyl (C=O) groups is 2. The van der Waals surface area contributed by atoms with Gasteiger partial charge in [0.2, 0.25) is 0 Å². The van der Waals surface area contributed by atoms with Gasteiger partial charge in [-0.1, -0.05) is 29.8 Å². The summed E-state index contributed by atoms with van der Waals surface area (Å²) in [4.78, 5) is 28.8. The standard InChI is InChI=1S/C18H17F3N2O3S/c1-10-2-4-11(5-3-10)6-15-22-14(9-27-15)16(24)23-7-12(17(25)26)13(8-23)18(19,20)21/h2-5,9,12-13H,6-8H2,1H3,(H,25,26)/t12-,13-/m1/s1. The van der Waals surface area contributed by atoms with Crippen LogP contribution in [0.5, 0.6) is 0 Å². The summed E-state index contributed by atoms with van der Waals surface area (Å²) >= 11 is 1.25. The second kappa shape index (κ2) is 7.30. The van der Waals surface area contributed by atoms with Crippen molar-refractivity contribution < 1.29 is 27.9 Å². The number of aliphatic carboxylic acids is 1. The zero-order chi connectivity index (χ0) is 19.8. The molecule has 0 bridgehead atoms. The Balaban J connectivity index is 1.72. The van der Waals surface area contributed by atoms with E-state index < -0.39 is 43.0 Å². The molecule has 144 valence electrons. The van der Waals surface area contributed by atoms with Crippen molar-refractivity contribution in [1.29, 1.82) is 0 Å². The summed E-state index contributed by atoms with van der Waals surface area (Å²) in [5.41, 5.74) is 2.18. The van der Waals surface area contributed by atoms with Gasteiger partial charge >= 0.3 is 12.1 Å². The number of alkyl halides is 3. The first-order chi connectivity index (χ1) is 12.6. The third-order valence-corrected chi connectivity index (χ3v) is 5.44. The number of benzene rings is 1. The van der Waals surface area contributed by atoms with Gasteiger partial charge in [0.15, 0.2) is 0 Å². The van der Waals surface area contributed by atoms with Crippen LogP contribution in [0.3, 0.4) is 0 Å². The highest BCUT2D eigenvalue weighted by Crippen LogP contribution is 2.38. The molecule has 2 aromatic rings. The molecule has 0 spiro atoms. The summed E-state index contributed by atoms with van der Waals surface area (Å²) in [6, 6.07) is 7.82. The summed E-state index contributed by atoms with van der Waals surface area (Å²) in [5.74, 6) is -5.94. The lowest BCUT2D eigenvalue weighted by atomic mass is 9.96. The molecule has 5 nitrogen and oxygen atoms in total. The highest BCUT2D eigenvalue weighted by atomic mass is 32.1. The number of halogens is 3. The molecular weight excluding hydrogens is 381 g/mol. The first kappa shape index (κ1) is 19.3. The normalized spacial score (nSPS) is 20.1. The summed E-state index contributed by atoms with van der Waals surface area (Å²) in [5, 5.41) is 11.2. The smallest absolute Gasteiger partial charge is 0.394 e. The van der Waals surface area contributed by atoms with E-state index in [0.29, 0.717) is 11.4 Å². The Morgan fingerprint density at radius 2 is 1.93 bits per heavy atom. The molecule has 1 aliphatic heterocycles. The number of hydrogen-bond acceptors (Lipinski definition) is 4. The van der Waals surface area contributed by atoms with Crippen molar-refractivity contribution in [2.24, 2.45) is 11.8 Å². The van der Waals surface area contributed by atoms with Gasteiger partial charge in [0, 0.05) is 24.9 Å². The van der Waals surface area contributed by atoms with Crippen molar-refractivity contribution >= 4 is 23.2 Å². The van der Waals surface area contributed by atoms with Crippen LogP contribution < -0.4 is 0 Å². The van der Waals surface area contributed by atoms with E-state index in [0.717, 1.165) is 16.0 Å². The SMILES string of the molecule is Cc1ccc(Cc2nc(C(=O)N3C[C@@H](C(F)(F)F)[C@H](C(=O)O)C3)cs2)cc1. The molecule has 1 aromatic carbocycles. The second-order valence-electron chi connectivity index (χ2n) is 6.59. The lowest BCUT2D eigenvalue weighted by molar-refractivity contribution is -0.187. The number of hydrogen-bond donors (Lipinski definition) is 1. The van der Waals surface area contributed by atoms with E-state index in [1.165, 1.54) is 16.7 Å². The van der Waals surface area contributed by atoms with E-state index in [1.54, 1.807) is 0 Å². The fraction of sp³-hybridized carbons (Fsp3) is 0.389. The van der Waals surface area contributed by atoms with Gasteiger partial charge in [0.25, 0.3) is 5.91 Å². The topological polar surface area (TPSA) is 70.5 Å². The zero-order valence-corrected chi connectivity index (χ0v) is 15.2. The molecule has 0 unspecified atom stereocenters. The molecule has 1 amide bonds. The molecule has 1 aliphatic rings. The number of aryl methyl sites for hydroxylation is 1. The monoisotopic (exact) mass is 398 g/mol. The number of thiazole rings is 1. The third-order valence-electron chi connectivity index (χ3n) is 4.59. The number of carboxylic acids is 1. The minimum atomic E-state index is -4.67. The van der Waals surface area contributed by atoms with Crippen molar-refractivity contribution in [2.45, 2.75) is 19.5 Å². The molecule has 0 radical (unpaired) electrons. The summed E-state index contributed by atoms with van der Waals surface area (Å²) in [6.45, 7) is 0.839. The molecule has 1 saturated heterocycles. The Morgan fingerprint density at radius 3 is 2.48 bits per heavy atom. The lowest BCUT2D eigenvalue weighted by Crippen LogP contribution is -2.34. The first-order valence-electron chi connectivity index (χ1n) is 8.24. The Kier molecular flexibility index (Phi) is 5.23. The molecule has 1 fully saturated rings. The van der Waals surface area contributed by atoms with E-state index in [9.17, 15) is 22.8 Å². The maximum Gasteiger partial charge on any atom is 0.394 e. The summed E-state index contributed by atoms with van der Waals surface area (Å²) < 4.78 is 39.2. The number of likely N-dealkylation sites (tertiary alicyclic amines) is 1. The van der Waals surface area contributed by atoms with E-state index >= 15 is 0 Å². The predicted molar refractivity (Wildman–Crippen MR) is 92.7 cm³/mol. The average molecular weight is 398 g/mol. The highest BCUT2D eigenvalue weighted by Gasteiger charge is 2.53. The van der Waals surface area contributed by atoms with E-state index in [-0.39, 0.29) is 5.69 Å². The Bertz CT molecular complexity index is 848. The Morgan fingerprint density at radius 1 is 1.26 bits per heavy atom. The van der Waals surface area contributed by atoms with Crippen LogP contribution >= 0.6 is 11.3 Å². The predicted octanol–water partition coefficient (Wildman–Crippen LogP) is 3.38. The van der Waals surface area contributed by atoms with Gasteiger partial charge in [-0.05, 0) is 12.5 Å². The highest BCUT2D eigenvalue weighted by molar-refractivity contribution is 7.09. The molecule has 9 heteroatoms. The number of carbonyl (C=O) groups excluding carboxylic acids is 1. The Labute approximate surface area is 157 Å². The van der Waals surface area contributed by atoms with Crippen LogP contribution in [-0.4, -0.2) is 46.1 Å². The van der Waals surface area contributed by atoms with Crippen molar-refractivity contribution in [3.8, 4) is 0 Å². The fourth-order valence-corrected chi connectivity index (χ4v) is 3.89. The lowest BCUT2D eigenvalue weighted by Gasteiger charge is -2.18. The maximum atomic E-state index is 13.1. The van der Waals surface area contributed by atoms with E-state index in [1.807, 2.05) is 31.2 Å². The van der Waals surface area contributed by atoms with Gasteiger partial charge < -0.3 is 10.0 Å². The summed E-state index contributed by atoms with van der Waals surface area (Å²) in [6.07, 6.45) is -4.15. The third kappa shape index (κ3) is 4.29. The van der Waals surface area contributed by atoms with E-state index in [4.69, 9.17) is 5.11 Å².